The van der Waals surface area contributed by atoms with Gasteiger partial charge >= 0.3 is 0 Å². The minimum atomic E-state index is 0.242. The number of rotatable bonds is 2. The van der Waals surface area contributed by atoms with E-state index >= 15 is 0 Å². The summed E-state index contributed by atoms with van der Waals surface area (Å²) in [4.78, 5) is 0. The molecule has 20 heavy (non-hydrogen) atoms. The second kappa shape index (κ2) is 8.67. The summed E-state index contributed by atoms with van der Waals surface area (Å²) >= 11 is 1.68. The van der Waals surface area contributed by atoms with Crippen LogP contribution in [0.3, 0.4) is 0 Å². The molecule has 0 aliphatic heterocycles. The predicted octanol–water partition coefficient (Wildman–Crippen LogP) is 4.08. The second-order valence-electron chi connectivity index (χ2n) is 5.81. The molecule has 5 heteroatoms. The van der Waals surface area contributed by atoms with E-state index in [0.29, 0.717) is 16.4 Å². The summed E-state index contributed by atoms with van der Waals surface area (Å²) in [5.74, 6) is 0.634. The van der Waals surface area contributed by atoms with Gasteiger partial charge in [-0.15, -0.1) is 10.2 Å². The molecule has 1 aliphatic rings. The molecule has 2 N–H and O–H groups in total. The summed E-state index contributed by atoms with van der Waals surface area (Å²) in [6.07, 6.45) is 13.0. The van der Waals surface area contributed by atoms with Gasteiger partial charge in [0.15, 0.2) is 0 Å². The average molecular weight is 297 g/mol. The molecule has 0 bridgehead atoms. The van der Waals surface area contributed by atoms with Crippen molar-refractivity contribution in [2.45, 2.75) is 87.6 Å². The second-order valence-corrected chi connectivity index (χ2v) is 7.00. The fourth-order valence-electron chi connectivity index (χ4n) is 2.79. The first-order valence-electron chi connectivity index (χ1n) is 7.98. The summed E-state index contributed by atoms with van der Waals surface area (Å²) in [5.41, 5.74) is 6.40. The summed E-state index contributed by atoms with van der Waals surface area (Å²) in [6.45, 7) is 1.83. The fourth-order valence-corrected chi connectivity index (χ4v) is 3.90. The van der Waals surface area contributed by atoms with Crippen LogP contribution in [0.4, 0.5) is 0 Å². The van der Waals surface area contributed by atoms with E-state index in [-0.39, 0.29) is 6.04 Å². The fraction of sp³-hybridized carbons (Fsp3) is 0.867. The van der Waals surface area contributed by atoms with Gasteiger partial charge in [0.1, 0.15) is 0 Å². The molecule has 1 aromatic heterocycles. The predicted molar refractivity (Wildman–Crippen MR) is 82.8 cm³/mol. The summed E-state index contributed by atoms with van der Waals surface area (Å²) in [6, 6.07) is 0.242. The molecule has 1 saturated carbocycles. The van der Waals surface area contributed by atoms with Crippen molar-refractivity contribution < 1.29 is 4.42 Å². The third kappa shape index (κ3) is 5.44. The van der Waals surface area contributed by atoms with E-state index < -0.39 is 0 Å². The molecule has 114 valence electrons. The number of thioether (sulfide) groups is 1. The number of nitrogens with zero attached hydrogens (tertiary/aromatic N) is 2. The summed E-state index contributed by atoms with van der Waals surface area (Å²) < 4.78 is 5.49. The van der Waals surface area contributed by atoms with E-state index in [1.165, 1.54) is 51.4 Å². The molecule has 2 atom stereocenters. The third-order valence-corrected chi connectivity index (χ3v) is 5.27. The Morgan fingerprint density at radius 1 is 0.950 bits per heavy atom. The van der Waals surface area contributed by atoms with Crippen LogP contribution in [-0.4, -0.2) is 21.5 Å². The molecular formula is C15H27N3OS. The molecule has 0 radical (unpaired) electrons. The highest BCUT2D eigenvalue weighted by atomic mass is 32.2. The van der Waals surface area contributed by atoms with Crippen LogP contribution in [-0.2, 0) is 0 Å². The third-order valence-electron chi connectivity index (χ3n) is 4.01. The van der Waals surface area contributed by atoms with Gasteiger partial charge in [0, 0.05) is 18.2 Å². The lowest BCUT2D eigenvalue weighted by atomic mass is 9.98. The molecule has 1 aromatic rings. The maximum atomic E-state index is 6.40. The van der Waals surface area contributed by atoms with Gasteiger partial charge in [-0.25, -0.2) is 0 Å². The maximum absolute atomic E-state index is 6.40. The van der Waals surface area contributed by atoms with Crippen molar-refractivity contribution in [2.24, 2.45) is 5.73 Å². The number of hydrogen-bond acceptors (Lipinski definition) is 5. The highest BCUT2D eigenvalue weighted by Crippen LogP contribution is 2.30. The van der Waals surface area contributed by atoms with Crippen LogP contribution in [0.15, 0.2) is 9.64 Å². The molecule has 0 spiro atoms. The zero-order valence-corrected chi connectivity index (χ0v) is 13.3. The Labute approximate surface area is 126 Å². The van der Waals surface area contributed by atoms with Gasteiger partial charge in [-0.3, -0.25) is 0 Å². The number of aromatic nitrogens is 2. The Bertz CT molecular complexity index is 383. The SMILES string of the molecule is Cc1nnc(SC2CCCCCCCCCCC2N)o1. The van der Waals surface area contributed by atoms with E-state index in [4.69, 9.17) is 10.2 Å². The summed E-state index contributed by atoms with van der Waals surface area (Å²) in [7, 11) is 0. The zero-order chi connectivity index (χ0) is 14.2. The van der Waals surface area contributed by atoms with Crippen LogP contribution in [0.25, 0.3) is 0 Å². The van der Waals surface area contributed by atoms with Gasteiger partial charge in [-0.1, -0.05) is 63.1 Å². The number of hydrogen-bond donors (Lipinski definition) is 1. The molecule has 0 aromatic carbocycles. The van der Waals surface area contributed by atoms with Crippen molar-refractivity contribution in [1.82, 2.24) is 10.2 Å². The smallest absolute Gasteiger partial charge is 0.276 e. The largest absolute Gasteiger partial charge is 0.416 e. The Morgan fingerprint density at radius 2 is 1.55 bits per heavy atom. The Balaban J connectivity index is 1.90. The normalized spacial score (nSPS) is 26.7. The van der Waals surface area contributed by atoms with Gasteiger partial charge in [-0.05, 0) is 12.8 Å². The monoisotopic (exact) mass is 297 g/mol. The lowest BCUT2D eigenvalue weighted by Crippen LogP contribution is -2.32. The first-order valence-corrected chi connectivity index (χ1v) is 8.86. The maximum Gasteiger partial charge on any atom is 0.276 e. The number of aryl methyl sites for hydroxylation is 1. The van der Waals surface area contributed by atoms with Crippen LogP contribution in [0, 0.1) is 6.92 Å². The molecule has 2 rings (SSSR count). The minimum Gasteiger partial charge on any atom is -0.416 e. The van der Waals surface area contributed by atoms with E-state index in [0.717, 1.165) is 12.8 Å². The zero-order valence-electron chi connectivity index (χ0n) is 12.5. The van der Waals surface area contributed by atoms with Crippen LogP contribution in [0.2, 0.25) is 0 Å². The van der Waals surface area contributed by atoms with Gasteiger partial charge in [0.05, 0.1) is 0 Å². The summed E-state index contributed by atoms with van der Waals surface area (Å²) in [5, 5.41) is 9.08. The first-order chi connectivity index (χ1) is 9.75. The van der Waals surface area contributed by atoms with E-state index in [1.807, 2.05) is 6.92 Å². The molecule has 0 saturated heterocycles. The average Bonchev–Trinajstić information content (AvgIpc) is 2.83. The lowest BCUT2D eigenvalue weighted by Gasteiger charge is -2.22. The Morgan fingerprint density at radius 3 is 2.15 bits per heavy atom. The van der Waals surface area contributed by atoms with Crippen LogP contribution >= 0.6 is 11.8 Å². The van der Waals surface area contributed by atoms with E-state index in [9.17, 15) is 0 Å². The molecule has 1 aliphatic carbocycles. The van der Waals surface area contributed by atoms with Crippen LogP contribution < -0.4 is 5.73 Å². The molecule has 1 heterocycles. The molecular weight excluding hydrogens is 270 g/mol. The highest BCUT2D eigenvalue weighted by Gasteiger charge is 2.21. The van der Waals surface area contributed by atoms with Crippen molar-refractivity contribution in [3.05, 3.63) is 5.89 Å². The molecule has 4 nitrogen and oxygen atoms in total. The van der Waals surface area contributed by atoms with Crippen molar-refractivity contribution in [2.75, 3.05) is 0 Å². The van der Waals surface area contributed by atoms with Gasteiger partial charge in [-0.2, -0.15) is 0 Å². The van der Waals surface area contributed by atoms with Crippen molar-refractivity contribution >= 4 is 11.8 Å². The minimum absolute atomic E-state index is 0.242. The number of nitrogens with two attached hydrogens (primary N) is 1. The van der Waals surface area contributed by atoms with Crippen LogP contribution in [0.5, 0.6) is 0 Å². The van der Waals surface area contributed by atoms with E-state index in [2.05, 4.69) is 10.2 Å². The Kier molecular flexibility index (Phi) is 6.87. The quantitative estimate of drug-likeness (QED) is 0.891. The lowest BCUT2D eigenvalue weighted by molar-refractivity contribution is 0.423. The van der Waals surface area contributed by atoms with Crippen molar-refractivity contribution in [3.63, 3.8) is 0 Å². The topological polar surface area (TPSA) is 64.9 Å². The Hall–Kier alpha value is -0.550. The molecule has 1 fully saturated rings. The van der Waals surface area contributed by atoms with Gasteiger partial charge in [0.25, 0.3) is 5.22 Å². The standard InChI is InChI=1S/C15H27N3OS/c1-12-17-18-15(19-12)20-14-11-9-7-5-3-2-4-6-8-10-13(14)16/h13-14H,2-11,16H2,1H3. The van der Waals surface area contributed by atoms with Crippen molar-refractivity contribution in [1.29, 1.82) is 0 Å². The molecule has 0 amide bonds. The van der Waals surface area contributed by atoms with Gasteiger partial charge < -0.3 is 10.2 Å². The first kappa shape index (κ1) is 15.8. The molecule has 2 unspecified atom stereocenters. The van der Waals surface area contributed by atoms with Crippen molar-refractivity contribution in [3.8, 4) is 0 Å². The van der Waals surface area contributed by atoms with Crippen LogP contribution in [0.1, 0.15) is 70.1 Å². The van der Waals surface area contributed by atoms with E-state index in [1.54, 1.807) is 11.8 Å². The highest BCUT2D eigenvalue weighted by molar-refractivity contribution is 7.99. The van der Waals surface area contributed by atoms with Gasteiger partial charge in [0.2, 0.25) is 5.89 Å².